The molecule has 2 atom stereocenters. The molecular weight excluding hydrogens is 396 g/mol. The van der Waals surface area contributed by atoms with Crippen LogP contribution in [0.5, 0.6) is 0 Å². The lowest BCUT2D eigenvalue weighted by Gasteiger charge is -2.34. The summed E-state index contributed by atoms with van der Waals surface area (Å²) in [6.07, 6.45) is 1.10. The van der Waals surface area contributed by atoms with E-state index in [1.54, 1.807) is 4.90 Å². The van der Waals surface area contributed by atoms with Gasteiger partial charge in [0.15, 0.2) is 6.61 Å². The molecule has 2 aromatic heterocycles. The molecule has 2 amide bonds. The van der Waals surface area contributed by atoms with Gasteiger partial charge in [0.05, 0.1) is 0 Å². The van der Waals surface area contributed by atoms with E-state index in [0.29, 0.717) is 41.1 Å². The van der Waals surface area contributed by atoms with Gasteiger partial charge in [-0.2, -0.15) is 0 Å². The summed E-state index contributed by atoms with van der Waals surface area (Å²) in [4.78, 5) is 39.5. The van der Waals surface area contributed by atoms with E-state index < -0.39 is 5.97 Å². The molecule has 6 nitrogen and oxygen atoms in total. The third-order valence-electron chi connectivity index (χ3n) is 4.62. The van der Waals surface area contributed by atoms with E-state index in [1.165, 1.54) is 29.6 Å². The zero-order chi connectivity index (χ0) is 20.3. The van der Waals surface area contributed by atoms with Crippen molar-refractivity contribution in [3.05, 3.63) is 28.5 Å². The van der Waals surface area contributed by atoms with Crippen LogP contribution < -0.4 is 5.32 Å². The first-order chi connectivity index (χ1) is 13.3. The summed E-state index contributed by atoms with van der Waals surface area (Å²) in [7, 11) is 0. The molecule has 1 N–H and O–H groups in total. The SMILES string of the molecule is CC(=O)Nc1scc(-c2cccs2)c1C(=O)OCC(=O)N1C[C@H](C)C[C@@H](C)C1. The second-order valence-electron chi connectivity index (χ2n) is 7.33. The quantitative estimate of drug-likeness (QED) is 0.739. The van der Waals surface area contributed by atoms with Gasteiger partial charge in [0.2, 0.25) is 5.91 Å². The number of rotatable bonds is 5. The van der Waals surface area contributed by atoms with Gasteiger partial charge in [0.25, 0.3) is 5.91 Å². The Morgan fingerprint density at radius 2 is 1.93 bits per heavy atom. The summed E-state index contributed by atoms with van der Waals surface area (Å²) < 4.78 is 5.36. The van der Waals surface area contributed by atoms with Crippen LogP contribution in [0.3, 0.4) is 0 Å². The van der Waals surface area contributed by atoms with Crippen molar-refractivity contribution >= 4 is 45.5 Å². The first kappa shape index (κ1) is 20.5. The predicted molar refractivity (Wildman–Crippen MR) is 112 cm³/mol. The molecule has 0 unspecified atom stereocenters. The van der Waals surface area contributed by atoms with Gasteiger partial charge >= 0.3 is 5.97 Å². The molecule has 8 heteroatoms. The molecule has 1 saturated heterocycles. The van der Waals surface area contributed by atoms with Crippen molar-refractivity contribution in [2.45, 2.75) is 27.2 Å². The number of ether oxygens (including phenoxy) is 1. The van der Waals surface area contributed by atoms with E-state index in [1.807, 2.05) is 22.9 Å². The number of piperidine rings is 1. The highest BCUT2D eigenvalue weighted by atomic mass is 32.1. The molecule has 28 heavy (non-hydrogen) atoms. The number of likely N-dealkylation sites (tertiary alicyclic amines) is 1. The van der Waals surface area contributed by atoms with Crippen molar-refractivity contribution in [1.29, 1.82) is 0 Å². The average Bonchev–Trinajstić information content (AvgIpc) is 3.27. The predicted octanol–water partition coefficient (Wildman–Crippen LogP) is 4.10. The zero-order valence-electron chi connectivity index (χ0n) is 16.2. The maximum absolute atomic E-state index is 12.8. The number of anilines is 1. The summed E-state index contributed by atoms with van der Waals surface area (Å²) >= 11 is 2.77. The van der Waals surface area contributed by atoms with Gasteiger partial charge in [-0.3, -0.25) is 9.59 Å². The van der Waals surface area contributed by atoms with E-state index in [0.717, 1.165) is 11.3 Å². The van der Waals surface area contributed by atoms with Crippen LogP contribution >= 0.6 is 22.7 Å². The fourth-order valence-electron chi connectivity index (χ4n) is 3.58. The highest BCUT2D eigenvalue weighted by molar-refractivity contribution is 7.17. The Labute approximate surface area is 172 Å². The summed E-state index contributed by atoms with van der Waals surface area (Å²) in [6.45, 7) is 6.73. The number of thiophene rings is 2. The molecule has 1 aliphatic rings. The number of carbonyl (C=O) groups is 3. The van der Waals surface area contributed by atoms with Crippen LogP contribution in [0.15, 0.2) is 22.9 Å². The van der Waals surface area contributed by atoms with Crippen molar-refractivity contribution in [2.75, 3.05) is 25.0 Å². The highest BCUT2D eigenvalue weighted by Crippen LogP contribution is 2.38. The summed E-state index contributed by atoms with van der Waals surface area (Å²) in [6, 6.07) is 3.80. The number of hydrogen-bond acceptors (Lipinski definition) is 6. The molecule has 0 spiro atoms. The largest absolute Gasteiger partial charge is 0.452 e. The number of nitrogens with one attached hydrogen (secondary N) is 1. The first-order valence-corrected chi connectivity index (χ1v) is 11.0. The Hall–Kier alpha value is -2.19. The normalized spacial score (nSPS) is 19.3. The number of esters is 1. The maximum Gasteiger partial charge on any atom is 0.342 e. The monoisotopic (exact) mass is 420 g/mol. The Morgan fingerprint density at radius 1 is 1.21 bits per heavy atom. The third-order valence-corrected chi connectivity index (χ3v) is 6.42. The number of carbonyl (C=O) groups excluding carboxylic acids is 3. The lowest BCUT2D eigenvalue weighted by molar-refractivity contribution is -0.137. The molecule has 3 heterocycles. The van der Waals surface area contributed by atoms with Gasteiger partial charge in [-0.25, -0.2) is 4.79 Å². The van der Waals surface area contributed by atoms with E-state index in [4.69, 9.17) is 4.74 Å². The summed E-state index contributed by atoms with van der Waals surface area (Å²) in [5.74, 6) is -0.157. The molecule has 0 radical (unpaired) electrons. The van der Waals surface area contributed by atoms with Gasteiger partial charge in [0.1, 0.15) is 10.6 Å². The Balaban J connectivity index is 1.73. The van der Waals surface area contributed by atoms with E-state index in [2.05, 4.69) is 19.2 Å². The topological polar surface area (TPSA) is 75.7 Å². The van der Waals surface area contributed by atoms with Crippen molar-refractivity contribution in [3.8, 4) is 10.4 Å². The van der Waals surface area contributed by atoms with Gasteiger partial charge in [-0.15, -0.1) is 22.7 Å². The molecule has 0 aromatic carbocycles. The lowest BCUT2D eigenvalue weighted by Crippen LogP contribution is -2.44. The molecule has 0 bridgehead atoms. The second-order valence-corrected chi connectivity index (χ2v) is 9.16. The standard InChI is InChI=1S/C20H24N2O4S2/c1-12-7-13(2)9-22(8-12)17(24)10-26-20(25)18-15(16-5-4-6-27-16)11-28-19(18)21-14(3)23/h4-6,11-13H,7-10H2,1-3H3,(H,21,23)/t12-,13-/m1/s1. The fourth-order valence-corrected chi connectivity index (χ4v) is 5.40. The molecule has 1 fully saturated rings. The van der Waals surface area contributed by atoms with Crippen LogP contribution in [0.4, 0.5) is 5.00 Å². The van der Waals surface area contributed by atoms with Crippen molar-refractivity contribution in [2.24, 2.45) is 11.8 Å². The minimum atomic E-state index is -0.597. The number of hydrogen-bond donors (Lipinski definition) is 1. The smallest absolute Gasteiger partial charge is 0.342 e. The fraction of sp³-hybridized carbons (Fsp3) is 0.450. The molecule has 2 aromatic rings. The van der Waals surface area contributed by atoms with E-state index in [-0.39, 0.29) is 18.4 Å². The van der Waals surface area contributed by atoms with Crippen LogP contribution in [0.2, 0.25) is 0 Å². The van der Waals surface area contributed by atoms with Crippen LogP contribution in [0.25, 0.3) is 10.4 Å². The van der Waals surface area contributed by atoms with Gasteiger partial charge in [-0.1, -0.05) is 19.9 Å². The van der Waals surface area contributed by atoms with Crippen LogP contribution in [-0.4, -0.2) is 42.4 Å². The number of amides is 2. The number of nitrogens with zero attached hydrogens (tertiary/aromatic N) is 1. The molecule has 3 rings (SSSR count). The summed E-state index contributed by atoms with van der Waals surface area (Å²) in [5.41, 5.74) is 1.01. The van der Waals surface area contributed by atoms with Crippen LogP contribution in [0, 0.1) is 11.8 Å². The van der Waals surface area contributed by atoms with Gasteiger partial charge in [0, 0.05) is 35.8 Å². The average molecular weight is 421 g/mol. The third kappa shape index (κ3) is 4.80. The first-order valence-electron chi connectivity index (χ1n) is 9.23. The van der Waals surface area contributed by atoms with Crippen LogP contribution in [0.1, 0.15) is 37.6 Å². The van der Waals surface area contributed by atoms with E-state index >= 15 is 0 Å². The molecule has 0 aliphatic carbocycles. The molecular formula is C20H24N2O4S2. The molecule has 1 aliphatic heterocycles. The summed E-state index contributed by atoms with van der Waals surface area (Å²) in [5, 5.41) is 6.87. The minimum Gasteiger partial charge on any atom is -0.452 e. The minimum absolute atomic E-state index is 0.180. The molecule has 150 valence electrons. The van der Waals surface area contributed by atoms with E-state index in [9.17, 15) is 14.4 Å². The second kappa shape index (κ2) is 8.87. The molecule has 0 saturated carbocycles. The van der Waals surface area contributed by atoms with Gasteiger partial charge < -0.3 is 15.0 Å². The zero-order valence-corrected chi connectivity index (χ0v) is 17.8. The lowest BCUT2D eigenvalue weighted by atomic mass is 9.92. The Bertz CT molecular complexity index is 850. The van der Waals surface area contributed by atoms with Crippen molar-refractivity contribution < 1.29 is 19.1 Å². The maximum atomic E-state index is 12.8. The Morgan fingerprint density at radius 3 is 2.54 bits per heavy atom. The van der Waals surface area contributed by atoms with Crippen molar-refractivity contribution in [1.82, 2.24) is 4.90 Å². The van der Waals surface area contributed by atoms with Gasteiger partial charge in [-0.05, 0) is 29.7 Å². The Kier molecular flexibility index (Phi) is 6.51. The van der Waals surface area contributed by atoms with Crippen LogP contribution in [-0.2, 0) is 14.3 Å². The highest BCUT2D eigenvalue weighted by Gasteiger charge is 2.28. The van der Waals surface area contributed by atoms with Crippen molar-refractivity contribution in [3.63, 3.8) is 0 Å².